The van der Waals surface area contributed by atoms with E-state index in [1.165, 1.54) is 6.92 Å². The highest BCUT2D eigenvalue weighted by molar-refractivity contribution is 5.93. The van der Waals surface area contributed by atoms with Crippen molar-refractivity contribution in [2.24, 2.45) is 23.2 Å². The van der Waals surface area contributed by atoms with Gasteiger partial charge in [0.1, 0.15) is 55.6 Å². The first-order chi connectivity index (χ1) is 56.1. The van der Waals surface area contributed by atoms with Crippen molar-refractivity contribution < 1.29 is 133 Å². The second-order valence-corrected chi connectivity index (χ2v) is 31.1. The van der Waals surface area contributed by atoms with Crippen LogP contribution in [-0.4, -0.2) is 246 Å². The third kappa shape index (κ3) is 72.7. The molecular weight excluding hydrogens is 1520 g/mol. The van der Waals surface area contributed by atoms with Crippen LogP contribution in [0.5, 0.6) is 0 Å². The van der Waals surface area contributed by atoms with Crippen molar-refractivity contribution >= 4 is 88.1 Å². The van der Waals surface area contributed by atoms with Crippen LogP contribution in [0.3, 0.4) is 0 Å². The smallest absolute Gasteiger partial charge is 0.326 e. The van der Waals surface area contributed by atoms with E-state index < -0.39 is 53.1 Å². The van der Waals surface area contributed by atoms with Crippen molar-refractivity contribution in [1.29, 1.82) is 0 Å². The first-order valence-corrected chi connectivity index (χ1v) is 43.1. The number of carbonyl (C=O) groups is 15. The average molecular weight is 1680 g/mol. The SMILES string of the molecule is CC(=O)[C@H](CCCCNC(=O)COCCOCCCC(=O)COCCOCCNC(=O)CC[C@H](CC(=O)CCCCCCCCCCCCC(=O)O)C(=O)O)CC(=O)[C@H](CCCCNC(=O)COCCOCCCC(=O)COCCOCCNC(=O)CC[C@H](NC(=O)CCCCCCCCCCCCC(=O)O)C(=O)O)CC(=O)C(C)(C)C.[HH].[HH]. The van der Waals surface area contributed by atoms with Gasteiger partial charge in [0.2, 0.25) is 29.5 Å². The Hall–Kier alpha value is -7.07. The maximum absolute atomic E-state index is 13.8. The van der Waals surface area contributed by atoms with Crippen LogP contribution in [0.25, 0.3) is 0 Å². The van der Waals surface area contributed by atoms with Crippen LogP contribution in [-0.2, 0) is 110 Å². The molecule has 0 bridgehead atoms. The molecular formula is C85H151N5O27. The Morgan fingerprint density at radius 1 is 0.291 bits per heavy atom. The molecule has 0 aliphatic heterocycles. The molecule has 0 unspecified atom stereocenters. The molecule has 678 valence electrons. The summed E-state index contributed by atoms with van der Waals surface area (Å²) in [4.78, 5) is 183. The maximum atomic E-state index is 13.8. The zero-order chi connectivity index (χ0) is 86.8. The second kappa shape index (κ2) is 75.2. The molecule has 9 N–H and O–H groups in total. The summed E-state index contributed by atoms with van der Waals surface area (Å²) in [5.41, 5.74) is -0.668. The molecule has 0 aliphatic carbocycles. The fourth-order valence-electron chi connectivity index (χ4n) is 12.3. The molecule has 0 saturated heterocycles. The molecule has 32 nitrogen and oxygen atoms in total. The number of unbranched alkanes of at least 4 members (excludes halogenated alkanes) is 20. The Morgan fingerprint density at radius 2 is 0.650 bits per heavy atom. The molecule has 5 amide bonds. The minimum atomic E-state index is -1.21. The largest absolute Gasteiger partial charge is 0.481 e. The Bertz CT molecular complexity index is 2800. The maximum Gasteiger partial charge on any atom is 0.326 e. The third-order valence-corrected chi connectivity index (χ3v) is 19.4. The summed E-state index contributed by atoms with van der Waals surface area (Å²) in [7, 11) is 0. The number of nitrogens with one attached hydrogen (secondary N) is 5. The zero-order valence-electron chi connectivity index (χ0n) is 71.1. The number of ether oxygens (including phenoxy) is 8. The van der Waals surface area contributed by atoms with Gasteiger partial charge in [-0.25, -0.2) is 4.79 Å². The molecule has 0 saturated carbocycles. The monoisotopic (exact) mass is 1670 g/mol. The fourth-order valence-corrected chi connectivity index (χ4v) is 12.3. The standard InChI is InChI=1S/C85H147N5O27.2H2/c1-66(91)67(31-25-27-43-86-79(100)64-116-57-51-110-47-29-34-71(93)62-114-55-53-112-49-45-88-76(97)41-39-69(83(106)107)59-70(92)33-21-17-13-9-5-7-11-15-19-23-37-81(102)103)60-74(95)68(61-75(96)85(2,3)4)32-26-28-44-87-80(101)65-117-58-52-111-48-30-35-72(94)63-115-56-54-113-50-46-89-77(98)42-40-73(84(108)109)90-78(99)36-22-18-14-10-6-8-12-16-20-24-38-82(104)105;;/h67-69,73H,5-65H2,1-4H3,(H,86,100)(H,87,101)(H,88,97)(H,89,98)(H,90,99)(H,102,103)(H,104,105)(H,106,107)(H,108,109);2*1H/t67-,68-,69-,73+;;/m1../s1. The number of carbonyl (C=O) groups excluding carboxylic acids is 11. The normalized spacial score (nSPS) is 12.4. The van der Waals surface area contributed by atoms with E-state index >= 15 is 0 Å². The van der Waals surface area contributed by atoms with Crippen LogP contribution in [0, 0.1) is 23.2 Å². The molecule has 0 fully saturated rings. The van der Waals surface area contributed by atoms with E-state index in [2.05, 4.69) is 26.6 Å². The molecule has 0 radical (unpaired) electrons. The molecule has 4 atom stereocenters. The molecule has 0 spiro atoms. The predicted octanol–water partition coefficient (Wildman–Crippen LogP) is 10.2. The molecule has 0 aromatic carbocycles. The minimum Gasteiger partial charge on any atom is -0.481 e. The van der Waals surface area contributed by atoms with Crippen LogP contribution in [0.4, 0.5) is 0 Å². The van der Waals surface area contributed by atoms with Gasteiger partial charge >= 0.3 is 23.9 Å². The number of Topliss-reactive ketones (excluding diaryl/α,β-unsaturated/α-hetero) is 6. The fraction of sp³-hybridized carbons (Fsp3) is 0.824. The molecule has 32 heteroatoms. The van der Waals surface area contributed by atoms with Gasteiger partial charge in [0, 0.05) is 130 Å². The molecule has 0 aromatic rings. The summed E-state index contributed by atoms with van der Waals surface area (Å²) in [5.74, 6) is -8.35. The lowest BCUT2D eigenvalue weighted by Crippen LogP contribution is -2.41. The van der Waals surface area contributed by atoms with Gasteiger partial charge < -0.3 is 84.9 Å². The van der Waals surface area contributed by atoms with Crippen molar-refractivity contribution in [3.63, 3.8) is 0 Å². The number of carboxylic acids is 4. The number of hydrogen-bond donors (Lipinski definition) is 9. The number of aliphatic carboxylic acids is 4. The van der Waals surface area contributed by atoms with Crippen molar-refractivity contribution in [2.45, 2.75) is 297 Å². The van der Waals surface area contributed by atoms with Gasteiger partial charge in [-0.15, -0.1) is 0 Å². The second-order valence-electron chi connectivity index (χ2n) is 31.1. The van der Waals surface area contributed by atoms with Gasteiger partial charge in [0.05, 0.1) is 72.0 Å². The van der Waals surface area contributed by atoms with Gasteiger partial charge in [-0.3, -0.25) is 67.1 Å². The van der Waals surface area contributed by atoms with Gasteiger partial charge in [-0.2, -0.15) is 0 Å². The first kappa shape index (κ1) is 110. The van der Waals surface area contributed by atoms with Crippen molar-refractivity contribution in [2.75, 3.05) is 132 Å². The van der Waals surface area contributed by atoms with Gasteiger partial charge in [0.15, 0.2) is 11.6 Å². The molecule has 0 heterocycles. The Balaban J connectivity index is -0.0000673. The Kier molecular flexibility index (Phi) is 70.6. The molecule has 0 aliphatic rings. The number of carboxylic acid groups (broad SMARTS) is 4. The zero-order valence-corrected chi connectivity index (χ0v) is 71.1. The van der Waals surface area contributed by atoms with Crippen LogP contribution in [0.1, 0.15) is 294 Å². The number of rotatable bonds is 87. The van der Waals surface area contributed by atoms with E-state index in [0.29, 0.717) is 110 Å². The first-order valence-electron chi connectivity index (χ1n) is 43.1. The Labute approximate surface area is 697 Å². The predicted molar refractivity (Wildman–Crippen MR) is 440 cm³/mol. The highest BCUT2D eigenvalue weighted by Crippen LogP contribution is 2.27. The lowest BCUT2D eigenvalue weighted by Gasteiger charge is -2.23. The summed E-state index contributed by atoms with van der Waals surface area (Å²) >= 11 is 0. The van der Waals surface area contributed by atoms with Gasteiger partial charge in [0.25, 0.3) is 0 Å². The Morgan fingerprint density at radius 3 is 1.05 bits per heavy atom. The number of ketones is 6. The van der Waals surface area contributed by atoms with Gasteiger partial charge in [-0.05, 0) is 84.0 Å². The van der Waals surface area contributed by atoms with Crippen molar-refractivity contribution in [3.05, 3.63) is 0 Å². The molecule has 0 rings (SSSR count). The van der Waals surface area contributed by atoms with Gasteiger partial charge in [-0.1, -0.05) is 136 Å². The number of hydrogen-bond acceptors (Lipinski definition) is 23. The van der Waals surface area contributed by atoms with Crippen LogP contribution in [0.2, 0.25) is 0 Å². The summed E-state index contributed by atoms with van der Waals surface area (Å²) in [6.07, 6.45) is 24.3. The summed E-state index contributed by atoms with van der Waals surface area (Å²) in [5, 5.41) is 50.0. The summed E-state index contributed by atoms with van der Waals surface area (Å²) in [6.45, 7) is 9.68. The van der Waals surface area contributed by atoms with Crippen LogP contribution >= 0.6 is 0 Å². The molecule has 117 heavy (non-hydrogen) atoms. The summed E-state index contributed by atoms with van der Waals surface area (Å²) < 4.78 is 43.6. The van der Waals surface area contributed by atoms with Crippen LogP contribution < -0.4 is 26.6 Å². The van der Waals surface area contributed by atoms with E-state index in [9.17, 15) is 82.1 Å². The number of amides is 5. The third-order valence-electron chi connectivity index (χ3n) is 19.4. The highest BCUT2D eigenvalue weighted by Gasteiger charge is 2.31. The summed E-state index contributed by atoms with van der Waals surface area (Å²) in [6, 6.07) is -1.18. The van der Waals surface area contributed by atoms with E-state index in [-0.39, 0.29) is 250 Å². The van der Waals surface area contributed by atoms with Crippen molar-refractivity contribution in [1.82, 2.24) is 26.6 Å². The minimum absolute atomic E-state index is 0. The van der Waals surface area contributed by atoms with E-state index in [4.69, 9.17) is 48.1 Å². The van der Waals surface area contributed by atoms with Crippen LogP contribution in [0.15, 0.2) is 0 Å². The lowest BCUT2D eigenvalue weighted by molar-refractivity contribution is -0.144. The quantitative estimate of drug-likeness (QED) is 0.0255. The van der Waals surface area contributed by atoms with E-state index in [1.54, 1.807) is 20.8 Å². The lowest BCUT2D eigenvalue weighted by atomic mass is 9.79. The topological polar surface area (TPSA) is 471 Å². The highest BCUT2D eigenvalue weighted by atomic mass is 16.5. The molecule has 0 aromatic heterocycles. The van der Waals surface area contributed by atoms with E-state index in [1.807, 2.05) is 0 Å². The van der Waals surface area contributed by atoms with Crippen molar-refractivity contribution in [3.8, 4) is 0 Å². The average Bonchev–Trinajstić information content (AvgIpc) is 0.879. The van der Waals surface area contributed by atoms with E-state index in [0.717, 1.165) is 103 Å².